The SMILES string of the molecule is NC(=O)[C@H](Cc1cccnc1Br)NC(=O)[C@H](O)[C@@H](NC(=O)c1ccccc1)c1ccccc1. The number of benzene rings is 2. The fourth-order valence-corrected chi connectivity index (χ4v) is 3.65. The molecule has 2 aromatic carbocycles. The Labute approximate surface area is 199 Å². The largest absolute Gasteiger partial charge is 0.381 e. The Morgan fingerprint density at radius 3 is 2.18 bits per heavy atom. The highest BCUT2D eigenvalue weighted by atomic mass is 79.9. The zero-order valence-electron chi connectivity index (χ0n) is 17.5. The Balaban J connectivity index is 1.79. The van der Waals surface area contributed by atoms with Crippen molar-refractivity contribution >= 4 is 33.7 Å². The van der Waals surface area contributed by atoms with Crippen LogP contribution in [-0.2, 0) is 16.0 Å². The van der Waals surface area contributed by atoms with Gasteiger partial charge in [0.15, 0.2) is 6.10 Å². The predicted octanol–water partition coefficient (Wildman–Crippen LogP) is 1.89. The monoisotopic (exact) mass is 510 g/mol. The lowest BCUT2D eigenvalue weighted by Gasteiger charge is -2.26. The second-order valence-electron chi connectivity index (χ2n) is 7.29. The third-order valence-corrected chi connectivity index (χ3v) is 5.70. The van der Waals surface area contributed by atoms with E-state index < -0.39 is 35.9 Å². The lowest BCUT2D eigenvalue weighted by molar-refractivity contribution is -0.134. The van der Waals surface area contributed by atoms with Gasteiger partial charge in [-0.3, -0.25) is 14.4 Å². The number of carbonyl (C=O) groups is 3. The van der Waals surface area contributed by atoms with Gasteiger partial charge in [0.2, 0.25) is 5.91 Å². The predicted molar refractivity (Wildman–Crippen MR) is 126 cm³/mol. The molecule has 0 saturated carbocycles. The molecular formula is C24H23BrN4O4. The molecule has 0 unspecified atom stereocenters. The summed E-state index contributed by atoms with van der Waals surface area (Å²) in [6, 6.07) is 18.3. The standard InChI is InChI=1S/C24H23BrN4O4/c25-21-17(12-7-13-27-21)14-18(22(26)31)28-24(33)20(30)19(15-8-3-1-4-9-15)29-23(32)16-10-5-2-6-11-16/h1-13,18-20,30H,14H2,(H2,26,31)(H,28,33)(H,29,32)/t18-,19-,20+/m0/s1. The van der Waals surface area contributed by atoms with E-state index in [4.69, 9.17) is 5.73 Å². The van der Waals surface area contributed by atoms with Gasteiger partial charge in [-0.15, -0.1) is 0 Å². The van der Waals surface area contributed by atoms with Gasteiger partial charge in [-0.2, -0.15) is 0 Å². The van der Waals surface area contributed by atoms with E-state index >= 15 is 0 Å². The second kappa shape index (κ2) is 11.3. The van der Waals surface area contributed by atoms with E-state index in [1.54, 1.807) is 79.0 Å². The highest BCUT2D eigenvalue weighted by Crippen LogP contribution is 2.19. The maximum Gasteiger partial charge on any atom is 0.252 e. The van der Waals surface area contributed by atoms with Gasteiger partial charge in [0.1, 0.15) is 10.6 Å². The molecule has 1 heterocycles. The molecule has 0 radical (unpaired) electrons. The highest BCUT2D eigenvalue weighted by molar-refractivity contribution is 9.10. The molecule has 0 fully saturated rings. The molecule has 3 amide bonds. The first-order valence-electron chi connectivity index (χ1n) is 10.1. The zero-order chi connectivity index (χ0) is 23.8. The lowest BCUT2D eigenvalue weighted by atomic mass is 9.99. The third kappa shape index (κ3) is 6.47. The molecule has 0 spiro atoms. The summed E-state index contributed by atoms with van der Waals surface area (Å²) in [6.45, 7) is 0. The summed E-state index contributed by atoms with van der Waals surface area (Å²) in [5.41, 5.74) is 7.05. The third-order valence-electron chi connectivity index (χ3n) is 4.99. The van der Waals surface area contributed by atoms with Crippen LogP contribution in [-0.4, -0.2) is 40.0 Å². The van der Waals surface area contributed by atoms with Crippen LogP contribution < -0.4 is 16.4 Å². The van der Waals surface area contributed by atoms with Crippen molar-refractivity contribution in [2.24, 2.45) is 5.73 Å². The van der Waals surface area contributed by atoms with Crippen LogP contribution in [0.15, 0.2) is 83.6 Å². The number of aromatic nitrogens is 1. The number of carbonyl (C=O) groups excluding carboxylic acids is 3. The number of primary amides is 1. The normalized spacial score (nSPS) is 13.4. The molecule has 0 saturated heterocycles. The summed E-state index contributed by atoms with van der Waals surface area (Å²) in [5, 5.41) is 16.1. The number of aliphatic hydroxyl groups is 1. The molecule has 1 aromatic heterocycles. The minimum atomic E-state index is -1.68. The van der Waals surface area contributed by atoms with Gasteiger partial charge < -0.3 is 21.5 Å². The van der Waals surface area contributed by atoms with E-state index in [1.165, 1.54) is 0 Å². The average molecular weight is 511 g/mol. The van der Waals surface area contributed by atoms with Crippen LogP contribution >= 0.6 is 15.9 Å². The fraction of sp³-hybridized carbons (Fsp3) is 0.167. The van der Waals surface area contributed by atoms with Crippen LogP contribution in [0.1, 0.15) is 27.5 Å². The molecule has 0 bridgehead atoms. The van der Waals surface area contributed by atoms with E-state index in [-0.39, 0.29) is 6.42 Å². The molecular weight excluding hydrogens is 488 g/mol. The topological polar surface area (TPSA) is 134 Å². The number of nitrogens with one attached hydrogen (secondary N) is 2. The number of nitrogens with two attached hydrogens (primary N) is 1. The number of nitrogens with zero attached hydrogens (tertiary/aromatic N) is 1. The number of hydrogen-bond donors (Lipinski definition) is 4. The molecule has 3 atom stereocenters. The number of halogens is 1. The number of pyridine rings is 1. The van der Waals surface area contributed by atoms with Crippen molar-refractivity contribution in [2.45, 2.75) is 24.6 Å². The highest BCUT2D eigenvalue weighted by Gasteiger charge is 2.32. The Hall–Kier alpha value is -3.56. The molecule has 3 aromatic rings. The van der Waals surface area contributed by atoms with Crippen LogP contribution in [0, 0.1) is 0 Å². The Morgan fingerprint density at radius 2 is 1.58 bits per heavy atom. The van der Waals surface area contributed by atoms with Crippen molar-refractivity contribution < 1.29 is 19.5 Å². The van der Waals surface area contributed by atoms with Crippen LogP contribution in [0.2, 0.25) is 0 Å². The number of hydrogen-bond acceptors (Lipinski definition) is 5. The van der Waals surface area contributed by atoms with Gasteiger partial charge in [0.25, 0.3) is 11.8 Å². The number of rotatable bonds is 9. The number of aliphatic hydroxyl groups excluding tert-OH is 1. The van der Waals surface area contributed by atoms with Crippen molar-refractivity contribution in [1.29, 1.82) is 0 Å². The van der Waals surface area contributed by atoms with Crippen molar-refractivity contribution in [3.05, 3.63) is 100 Å². The Morgan fingerprint density at radius 1 is 0.939 bits per heavy atom. The summed E-state index contributed by atoms with van der Waals surface area (Å²) in [7, 11) is 0. The van der Waals surface area contributed by atoms with Gasteiger partial charge in [-0.05, 0) is 45.3 Å². The summed E-state index contributed by atoms with van der Waals surface area (Å²) < 4.78 is 0.517. The Kier molecular flexibility index (Phi) is 8.28. The van der Waals surface area contributed by atoms with Gasteiger partial charge >= 0.3 is 0 Å². The molecule has 3 rings (SSSR count). The molecule has 8 nitrogen and oxygen atoms in total. The maximum atomic E-state index is 12.9. The van der Waals surface area contributed by atoms with Crippen molar-refractivity contribution in [3.8, 4) is 0 Å². The first-order valence-corrected chi connectivity index (χ1v) is 10.9. The van der Waals surface area contributed by atoms with E-state index in [2.05, 4.69) is 31.5 Å². The summed E-state index contributed by atoms with van der Waals surface area (Å²) in [6.07, 6.45) is -0.0248. The quantitative estimate of drug-likeness (QED) is 0.326. The summed E-state index contributed by atoms with van der Waals surface area (Å²) in [4.78, 5) is 41.7. The molecule has 0 aliphatic rings. The zero-order valence-corrected chi connectivity index (χ0v) is 19.1. The van der Waals surface area contributed by atoms with Gasteiger partial charge in [-0.1, -0.05) is 54.6 Å². The average Bonchev–Trinajstić information content (AvgIpc) is 2.83. The fourth-order valence-electron chi connectivity index (χ4n) is 3.24. The van der Waals surface area contributed by atoms with Gasteiger partial charge in [0.05, 0.1) is 6.04 Å². The van der Waals surface area contributed by atoms with E-state index in [9.17, 15) is 19.5 Å². The van der Waals surface area contributed by atoms with Gasteiger partial charge in [-0.25, -0.2) is 4.98 Å². The minimum absolute atomic E-state index is 0.0780. The molecule has 170 valence electrons. The summed E-state index contributed by atoms with van der Waals surface area (Å²) in [5.74, 6) is -2.07. The van der Waals surface area contributed by atoms with Crippen molar-refractivity contribution in [3.63, 3.8) is 0 Å². The van der Waals surface area contributed by atoms with Crippen molar-refractivity contribution in [2.75, 3.05) is 0 Å². The maximum absolute atomic E-state index is 12.9. The summed E-state index contributed by atoms with van der Waals surface area (Å²) >= 11 is 3.30. The molecule has 9 heteroatoms. The van der Waals surface area contributed by atoms with Crippen LogP contribution in [0.3, 0.4) is 0 Å². The molecule has 33 heavy (non-hydrogen) atoms. The minimum Gasteiger partial charge on any atom is -0.381 e. The van der Waals surface area contributed by atoms with Crippen molar-refractivity contribution in [1.82, 2.24) is 15.6 Å². The molecule has 0 aliphatic carbocycles. The molecule has 0 aliphatic heterocycles. The first kappa shape index (κ1) is 24.1. The molecule has 5 N–H and O–H groups in total. The van der Waals surface area contributed by atoms with E-state index in [1.807, 2.05) is 0 Å². The number of amides is 3. The van der Waals surface area contributed by atoms with E-state index in [0.717, 1.165) is 0 Å². The van der Waals surface area contributed by atoms with Crippen LogP contribution in [0.25, 0.3) is 0 Å². The van der Waals surface area contributed by atoms with Crippen LogP contribution in [0.4, 0.5) is 0 Å². The van der Waals surface area contributed by atoms with Crippen LogP contribution in [0.5, 0.6) is 0 Å². The smallest absolute Gasteiger partial charge is 0.252 e. The van der Waals surface area contributed by atoms with E-state index in [0.29, 0.717) is 21.3 Å². The lowest BCUT2D eigenvalue weighted by Crippen LogP contribution is -2.52. The van der Waals surface area contributed by atoms with Gasteiger partial charge in [0, 0.05) is 18.2 Å². The Bertz CT molecular complexity index is 1110. The first-order chi connectivity index (χ1) is 15.9. The second-order valence-corrected chi connectivity index (χ2v) is 8.04.